The zero-order valence-electron chi connectivity index (χ0n) is 8.31. The average Bonchev–Trinajstić information content (AvgIpc) is 2.20. The fraction of sp³-hybridized carbons (Fsp3) is 0.182. The molecule has 0 saturated carbocycles. The summed E-state index contributed by atoms with van der Waals surface area (Å²) in [5, 5.41) is 8.79. The summed E-state index contributed by atoms with van der Waals surface area (Å²) in [7, 11) is 0. The molecule has 0 aliphatic carbocycles. The number of benzene rings is 1. The van der Waals surface area contributed by atoms with E-state index in [4.69, 9.17) is 16.6 Å². The maximum Gasteiger partial charge on any atom is 0.335 e. The van der Waals surface area contributed by atoms with Crippen molar-refractivity contribution in [2.24, 2.45) is 5.73 Å². The normalized spacial score (nSPS) is 10.7. The molecule has 1 aromatic rings. The molecule has 0 bridgehead atoms. The van der Waals surface area contributed by atoms with Gasteiger partial charge in [0.15, 0.2) is 0 Å². The predicted molar refractivity (Wildman–Crippen MR) is 60.5 cm³/mol. The molecule has 0 spiro atoms. The maximum atomic E-state index is 10.7. The fourth-order valence-corrected chi connectivity index (χ4v) is 1.16. The smallest absolute Gasteiger partial charge is 0.335 e. The number of rotatable bonds is 4. The Labute approximate surface area is 88.2 Å². The quantitative estimate of drug-likeness (QED) is 0.648. The molecule has 0 heterocycles. The van der Waals surface area contributed by atoms with Crippen LogP contribution in [0.25, 0.3) is 6.08 Å². The lowest BCUT2D eigenvalue weighted by Gasteiger charge is -2.01. The van der Waals surface area contributed by atoms with Crippen LogP contribution in [0.5, 0.6) is 0 Å². The summed E-state index contributed by atoms with van der Waals surface area (Å²) in [4.78, 5) is 10.7. The molecule has 0 saturated heterocycles. The second kappa shape index (κ2) is 5.17. The SMILES string of the molecule is NCCC=Cc1cc(C(=O)O)ccc1N. The van der Waals surface area contributed by atoms with E-state index < -0.39 is 5.97 Å². The van der Waals surface area contributed by atoms with Crippen molar-refractivity contribution in [3.05, 3.63) is 35.4 Å². The van der Waals surface area contributed by atoms with Crippen molar-refractivity contribution in [2.45, 2.75) is 6.42 Å². The summed E-state index contributed by atoms with van der Waals surface area (Å²) < 4.78 is 0. The van der Waals surface area contributed by atoms with Crippen LogP contribution >= 0.6 is 0 Å². The molecule has 0 atom stereocenters. The highest BCUT2D eigenvalue weighted by molar-refractivity contribution is 5.89. The highest BCUT2D eigenvalue weighted by Crippen LogP contribution is 2.16. The van der Waals surface area contributed by atoms with E-state index in [1.807, 2.05) is 6.08 Å². The number of carboxylic acids is 1. The van der Waals surface area contributed by atoms with Crippen LogP contribution in [-0.2, 0) is 0 Å². The third kappa shape index (κ3) is 3.11. The predicted octanol–water partition coefficient (Wildman–Crippen LogP) is 1.33. The molecule has 0 fully saturated rings. The lowest BCUT2D eigenvalue weighted by Crippen LogP contribution is -1.99. The second-order valence-electron chi connectivity index (χ2n) is 3.13. The summed E-state index contributed by atoms with van der Waals surface area (Å²) in [5.41, 5.74) is 12.5. The lowest BCUT2D eigenvalue weighted by molar-refractivity contribution is 0.0697. The van der Waals surface area contributed by atoms with Crippen LogP contribution in [0.15, 0.2) is 24.3 Å². The highest BCUT2D eigenvalue weighted by Gasteiger charge is 2.04. The Morgan fingerprint density at radius 2 is 2.20 bits per heavy atom. The van der Waals surface area contributed by atoms with Crippen molar-refractivity contribution in [3.8, 4) is 0 Å². The van der Waals surface area contributed by atoms with Gasteiger partial charge >= 0.3 is 5.97 Å². The first-order valence-corrected chi connectivity index (χ1v) is 4.64. The van der Waals surface area contributed by atoms with Gasteiger partial charge in [-0.05, 0) is 36.7 Å². The molecule has 1 rings (SSSR count). The lowest BCUT2D eigenvalue weighted by atomic mass is 10.1. The van der Waals surface area contributed by atoms with Crippen molar-refractivity contribution in [1.29, 1.82) is 0 Å². The van der Waals surface area contributed by atoms with Crippen molar-refractivity contribution >= 4 is 17.7 Å². The number of carbonyl (C=O) groups is 1. The summed E-state index contributed by atoms with van der Waals surface area (Å²) in [5.74, 6) is -0.955. The third-order valence-electron chi connectivity index (χ3n) is 1.96. The molecule has 4 heteroatoms. The van der Waals surface area contributed by atoms with Crippen LogP contribution < -0.4 is 11.5 Å². The van der Waals surface area contributed by atoms with Crippen LogP contribution in [0, 0.1) is 0 Å². The van der Waals surface area contributed by atoms with Crippen LogP contribution in [0.3, 0.4) is 0 Å². The van der Waals surface area contributed by atoms with Gasteiger partial charge in [-0.3, -0.25) is 0 Å². The van der Waals surface area contributed by atoms with E-state index in [-0.39, 0.29) is 5.56 Å². The second-order valence-corrected chi connectivity index (χ2v) is 3.13. The van der Waals surface area contributed by atoms with Gasteiger partial charge in [0.1, 0.15) is 0 Å². The summed E-state index contributed by atoms with van der Waals surface area (Å²) in [6.07, 6.45) is 4.41. The van der Waals surface area contributed by atoms with E-state index in [1.54, 1.807) is 18.2 Å². The van der Waals surface area contributed by atoms with Gasteiger partial charge in [0.2, 0.25) is 0 Å². The number of hydrogen-bond acceptors (Lipinski definition) is 3. The number of hydrogen-bond donors (Lipinski definition) is 3. The zero-order valence-corrected chi connectivity index (χ0v) is 8.31. The van der Waals surface area contributed by atoms with Crippen LogP contribution in [0.1, 0.15) is 22.3 Å². The number of nitrogens with two attached hydrogens (primary N) is 2. The van der Waals surface area contributed by atoms with Crippen LogP contribution in [-0.4, -0.2) is 17.6 Å². The molecule has 0 unspecified atom stereocenters. The van der Waals surface area contributed by atoms with Crippen molar-refractivity contribution in [2.75, 3.05) is 12.3 Å². The molecular formula is C11H14N2O2. The van der Waals surface area contributed by atoms with E-state index in [9.17, 15) is 4.79 Å². The van der Waals surface area contributed by atoms with Gasteiger partial charge in [-0.15, -0.1) is 0 Å². The van der Waals surface area contributed by atoms with E-state index in [0.717, 1.165) is 6.42 Å². The molecule has 4 nitrogen and oxygen atoms in total. The van der Waals surface area contributed by atoms with Crippen molar-refractivity contribution in [1.82, 2.24) is 0 Å². The monoisotopic (exact) mass is 206 g/mol. The molecule has 0 aromatic heterocycles. The minimum atomic E-state index is -0.955. The summed E-state index contributed by atoms with van der Waals surface area (Å²) in [6.45, 7) is 0.565. The molecule has 0 aliphatic rings. The largest absolute Gasteiger partial charge is 0.478 e. The van der Waals surface area contributed by atoms with Gasteiger partial charge in [-0.25, -0.2) is 4.79 Å². The number of aromatic carboxylic acids is 1. The Bertz CT molecular complexity index is 386. The fourth-order valence-electron chi connectivity index (χ4n) is 1.16. The van der Waals surface area contributed by atoms with Gasteiger partial charge in [-0.1, -0.05) is 12.2 Å². The first-order chi connectivity index (χ1) is 7.15. The molecule has 0 aliphatic heterocycles. The Hall–Kier alpha value is -1.81. The maximum absolute atomic E-state index is 10.7. The summed E-state index contributed by atoms with van der Waals surface area (Å²) in [6, 6.07) is 4.62. The van der Waals surface area contributed by atoms with Crippen LogP contribution in [0.4, 0.5) is 5.69 Å². The Balaban J connectivity index is 2.95. The third-order valence-corrected chi connectivity index (χ3v) is 1.96. The molecule has 0 amide bonds. The van der Waals surface area contributed by atoms with E-state index in [2.05, 4.69) is 0 Å². The standard InChI is InChI=1S/C11H14N2O2/c12-6-2-1-3-8-7-9(11(14)15)4-5-10(8)13/h1,3-5,7H,2,6,12-13H2,(H,14,15). The highest BCUT2D eigenvalue weighted by atomic mass is 16.4. The zero-order chi connectivity index (χ0) is 11.3. The Morgan fingerprint density at radius 1 is 1.47 bits per heavy atom. The van der Waals surface area contributed by atoms with Crippen molar-refractivity contribution < 1.29 is 9.90 Å². The molecule has 5 N–H and O–H groups in total. The number of anilines is 1. The minimum Gasteiger partial charge on any atom is -0.478 e. The first kappa shape index (κ1) is 11.3. The molecule has 15 heavy (non-hydrogen) atoms. The van der Waals surface area contributed by atoms with Gasteiger partial charge in [0, 0.05) is 5.69 Å². The average molecular weight is 206 g/mol. The topological polar surface area (TPSA) is 89.3 Å². The number of carboxylic acid groups (broad SMARTS) is 1. The van der Waals surface area contributed by atoms with E-state index >= 15 is 0 Å². The van der Waals surface area contributed by atoms with E-state index in [1.165, 1.54) is 6.07 Å². The van der Waals surface area contributed by atoms with Gasteiger partial charge in [0.25, 0.3) is 0 Å². The van der Waals surface area contributed by atoms with Crippen molar-refractivity contribution in [3.63, 3.8) is 0 Å². The van der Waals surface area contributed by atoms with Crippen LogP contribution in [0.2, 0.25) is 0 Å². The number of nitrogen functional groups attached to an aromatic ring is 1. The van der Waals surface area contributed by atoms with Gasteiger partial charge in [-0.2, -0.15) is 0 Å². The molecule has 0 radical (unpaired) electrons. The summed E-state index contributed by atoms with van der Waals surface area (Å²) >= 11 is 0. The Kier molecular flexibility index (Phi) is 3.88. The van der Waals surface area contributed by atoms with Gasteiger partial charge < -0.3 is 16.6 Å². The Morgan fingerprint density at radius 3 is 2.80 bits per heavy atom. The first-order valence-electron chi connectivity index (χ1n) is 4.64. The molecule has 1 aromatic carbocycles. The minimum absolute atomic E-state index is 0.233. The van der Waals surface area contributed by atoms with E-state index in [0.29, 0.717) is 17.8 Å². The molecular weight excluding hydrogens is 192 g/mol. The molecule has 80 valence electrons. The van der Waals surface area contributed by atoms with Gasteiger partial charge in [0.05, 0.1) is 5.56 Å².